The Labute approximate surface area is 210 Å². The van der Waals surface area contributed by atoms with Gasteiger partial charge in [0.05, 0.1) is 0 Å². The van der Waals surface area contributed by atoms with Crippen molar-refractivity contribution in [2.75, 3.05) is 6.61 Å². The van der Waals surface area contributed by atoms with Crippen molar-refractivity contribution in [2.45, 2.75) is 64.0 Å². The highest BCUT2D eigenvalue weighted by Gasteiger charge is 2.58. The summed E-state index contributed by atoms with van der Waals surface area (Å²) < 4.78 is 68.7. The van der Waals surface area contributed by atoms with Gasteiger partial charge in [-0.2, -0.15) is 22.0 Å². The van der Waals surface area contributed by atoms with Gasteiger partial charge in [-0.05, 0) is 65.5 Å². The number of ether oxygens (including phenoxy) is 1. The van der Waals surface area contributed by atoms with Crippen LogP contribution < -0.4 is 0 Å². The van der Waals surface area contributed by atoms with Crippen molar-refractivity contribution in [3.63, 3.8) is 0 Å². The van der Waals surface area contributed by atoms with Crippen molar-refractivity contribution < 1.29 is 26.7 Å². The van der Waals surface area contributed by atoms with E-state index in [1.807, 2.05) is 48.5 Å². The molecule has 2 atom stereocenters. The van der Waals surface area contributed by atoms with Crippen molar-refractivity contribution in [1.82, 2.24) is 0 Å². The molecule has 1 aliphatic carbocycles. The topological polar surface area (TPSA) is 9.23 Å². The molecule has 1 nitrogen and oxygen atoms in total. The van der Waals surface area contributed by atoms with E-state index in [2.05, 4.69) is 26.0 Å². The minimum Gasteiger partial charge on any atom is -0.487 e. The molecule has 2 aromatic carbocycles. The predicted octanol–water partition coefficient (Wildman–Crippen LogP) is 9.50. The lowest BCUT2D eigenvalue weighted by atomic mass is 9.81. The quantitative estimate of drug-likeness (QED) is 0.277. The standard InChI is InChI=1S/C30H33F5O/c1-3-22(2)14-15-26(23-10-6-4-7-11-23)20-28(24-12-8-5-9-13-24)25-16-18-27(19-17-25)36-21-29(31,32)30(33,34)35/h4-13,16,18-19,22,26H,3,14-15,17,20-21H2,1-2H3/b28-25-. The van der Waals surface area contributed by atoms with E-state index in [4.69, 9.17) is 4.74 Å². The highest BCUT2D eigenvalue weighted by molar-refractivity contribution is 5.72. The number of rotatable bonds is 11. The van der Waals surface area contributed by atoms with E-state index in [-0.39, 0.29) is 5.76 Å². The molecule has 1 aliphatic rings. The second-order valence-corrected chi connectivity index (χ2v) is 9.41. The Kier molecular flexibility index (Phi) is 9.52. The van der Waals surface area contributed by atoms with Crippen LogP contribution in [-0.4, -0.2) is 18.7 Å². The third kappa shape index (κ3) is 7.55. The highest BCUT2D eigenvalue weighted by Crippen LogP contribution is 2.39. The molecule has 194 valence electrons. The predicted molar refractivity (Wildman–Crippen MR) is 135 cm³/mol. The fraction of sp³-hybridized carbons (Fsp3) is 0.400. The Hall–Kier alpha value is -2.89. The third-order valence-electron chi connectivity index (χ3n) is 6.74. The highest BCUT2D eigenvalue weighted by atomic mass is 19.4. The molecule has 0 bridgehead atoms. The molecule has 0 amide bonds. The van der Waals surface area contributed by atoms with Gasteiger partial charge in [-0.15, -0.1) is 0 Å². The molecule has 2 unspecified atom stereocenters. The van der Waals surface area contributed by atoms with Gasteiger partial charge in [0, 0.05) is 0 Å². The molecule has 3 rings (SSSR count). The number of halogens is 5. The Balaban J connectivity index is 1.85. The van der Waals surface area contributed by atoms with E-state index in [0.29, 0.717) is 18.3 Å². The molecule has 0 aromatic heterocycles. The van der Waals surface area contributed by atoms with Crippen molar-refractivity contribution in [3.8, 4) is 0 Å². The number of alkyl halides is 5. The third-order valence-corrected chi connectivity index (χ3v) is 6.74. The average molecular weight is 505 g/mol. The molecule has 0 radical (unpaired) electrons. The zero-order valence-corrected chi connectivity index (χ0v) is 20.7. The molecule has 0 saturated heterocycles. The largest absolute Gasteiger partial charge is 0.487 e. The van der Waals surface area contributed by atoms with Gasteiger partial charge in [0.1, 0.15) is 5.76 Å². The van der Waals surface area contributed by atoms with Gasteiger partial charge < -0.3 is 4.74 Å². The minimum absolute atomic E-state index is 0.0199. The van der Waals surface area contributed by atoms with Gasteiger partial charge in [-0.1, -0.05) is 93.4 Å². The Morgan fingerprint density at radius 1 is 0.889 bits per heavy atom. The number of hydrogen-bond donors (Lipinski definition) is 0. The second kappa shape index (κ2) is 12.4. The van der Waals surface area contributed by atoms with E-state index in [1.165, 1.54) is 11.6 Å². The Morgan fingerprint density at radius 2 is 1.53 bits per heavy atom. The zero-order chi connectivity index (χ0) is 26.2. The van der Waals surface area contributed by atoms with E-state index < -0.39 is 18.7 Å². The SMILES string of the molecule is CCC(C)CCC(C/C(=C1\C=CC(OCC(F)(F)C(F)(F)F)=CC1)c1ccccc1)c1ccccc1. The first kappa shape index (κ1) is 27.7. The van der Waals surface area contributed by atoms with Crippen molar-refractivity contribution in [3.05, 3.63) is 101 Å². The Bertz CT molecular complexity index is 1050. The van der Waals surface area contributed by atoms with Crippen LogP contribution in [0.4, 0.5) is 22.0 Å². The summed E-state index contributed by atoms with van der Waals surface area (Å²) in [5, 5.41) is 0. The first-order chi connectivity index (χ1) is 17.1. The summed E-state index contributed by atoms with van der Waals surface area (Å²) in [4.78, 5) is 0. The summed E-state index contributed by atoms with van der Waals surface area (Å²) in [6.07, 6.45) is 3.63. The summed E-state index contributed by atoms with van der Waals surface area (Å²) in [5.74, 6) is -3.96. The summed E-state index contributed by atoms with van der Waals surface area (Å²) in [6.45, 7) is 2.73. The van der Waals surface area contributed by atoms with Crippen LogP contribution >= 0.6 is 0 Å². The lowest BCUT2D eigenvalue weighted by Crippen LogP contribution is -2.40. The molecule has 0 N–H and O–H groups in total. The first-order valence-corrected chi connectivity index (χ1v) is 12.4. The van der Waals surface area contributed by atoms with Gasteiger partial charge in [-0.3, -0.25) is 0 Å². The monoisotopic (exact) mass is 504 g/mol. The van der Waals surface area contributed by atoms with Gasteiger partial charge >= 0.3 is 12.1 Å². The van der Waals surface area contributed by atoms with E-state index in [1.54, 1.807) is 12.2 Å². The summed E-state index contributed by atoms with van der Waals surface area (Å²) in [6, 6.07) is 20.4. The number of allylic oxidation sites excluding steroid dienone is 5. The lowest BCUT2D eigenvalue weighted by Gasteiger charge is -2.24. The molecule has 36 heavy (non-hydrogen) atoms. The van der Waals surface area contributed by atoms with Crippen LogP contribution in [0.3, 0.4) is 0 Å². The smallest absolute Gasteiger partial charge is 0.456 e. The molecular formula is C30H33F5O. The van der Waals surface area contributed by atoms with Gasteiger partial charge in [-0.25, -0.2) is 0 Å². The fourth-order valence-corrected chi connectivity index (χ4v) is 4.24. The molecule has 2 aromatic rings. The van der Waals surface area contributed by atoms with Crippen molar-refractivity contribution in [1.29, 1.82) is 0 Å². The molecule has 6 heteroatoms. The molecule has 0 spiro atoms. The van der Waals surface area contributed by atoms with Crippen LogP contribution in [0.2, 0.25) is 0 Å². The van der Waals surface area contributed by atoms with Gasteiger partial charge in [0.25, 0.3) is 0 Å². The van der Waals surface area contributed by atoms with Gasteiger partial charge in [0.15, 0.2) is 6.61 Å². The van der Waals surface area contributed by atoms with Crippen LogP contribution in [0.25, 0.3) is 5.57 Å². The number of hydrogen-bond acceptors (Lipinski definition) is 1. The van der Waals surface area contributed by atoms with Crippen LogP contribution in [0.15, 0.2) is 90.2 Å². The molecule has 0 aliphatic heterocycles. The minimum atomic E-state index is -5.64. The van der Waals surface area contributed by atoms with Gasteiger partial charge in [0.2, 0.25) is 0 Å². The fourth-order valence-electron chi connectivity index (χ4n) is 4.24. The first-order valence-electron chi connectivity index (χ1n) is 12.4. The van der Waals surface area contributed by atoms with Crippen molar-refractivity contribution in [2.24, 2.45) is 5.92 Å². The zero-order valence-electron chi connectivity index (χ0n) is 20.7. The molecule has 0 fully saturated rings. The molecule has 0 heterocycles. The second-order valence-electron chi connectivity index (χ2n) is 9.41. The Morgan fingerprint density at radius 3 is 2.08 bits per heavy atom. The summed E-state index contributed by atoms with van der Waals surface area (Å²) in [5.41, 5.74) is 4.48. The van der Waals surface area contributed by atoms with Crippen LogP contribution in [0.1, 0.15) is 63.0 Å². The maximum atomic E-state index is 13.3. The number of benzene rings is 2. The van der Waals surface area contributed by atoms with E-state index in [9.17, 15) is 22.0 Å². The summed E-state index contributed by atoms with van der Waals surface area (Å²) in [7, 11) is 0. The van der Waals surface area contributed by atoms with E-state index in [0.717, 1.165) is 42.4 Å². The molecule has 0 saturated carbocycles. The van der Waals surface area contributed by atoms with Crippen LogP contribution in [0, 0.1) is 5.92 Å². The van der Waals surface area contributed by atoms with Crippen molar-refractivity contribution >= 4 is 5.57 Å². The maximum absolute atomic E-state index is 13.3. The van der Waals surface area contributed by atoms with Crippen LogP contribution in [-0.2, 0) is 4.74 Å². The average Bonchev–Trinajstić information content (AvgIpc) is 2.88. The van der Waals surface area contributed by atoms with E-state index >= 15 is 0 Å². The normalized spacial score (nSPS) is 17.4. The molecular weight excluding hydrogens is 471 g/mol. The summed E-state index contributed by atoms with van der Waals surface area (Å²) >= 11 is 0. The lowest BCUT2D eigenvalue weighted by molar-refractivity contribution is -0.293. The maximum Gasteiger partial charge on any atom is 0.456 e. The van der Waals surface area contributed by atoms with Crippen LogP contribution in [0.5, 0.6) is 0 Å².